The molecule has 0 saturated carbocycles. The molecule has 7 nitrogen and oxygen atoms in total. The average Bonchev–Trinajstić information content (AvgIpc) is 2.56. The van der Waals surface area contributed by atoms with Crippen LogP contribution < -0.4 is 10.4 Å². The van der Waals surface area contributed by atoms with Crippen LogP contribution in [0.15, 0.2) is 45.1 Å². The van der Waals surface area contributed by atoms with Crippen molar-refractivity contribution >= 4 is 22.9 Å². The van der Waals surface area contributed by atoms with E-state index < -0.39 is 35.4 Å². The van der Waals surface area contributed by atoms with Crippen LogP contribution in [0.4, 0.5) is 0 Å². The summed E-state index contributed by atoms with van der Waals surface area (Å²) in [5, 5.41) is 0.631. The molecule has 1 aliphatic heterocycles. The van der Waals surface area contributed by atoms with E-state index in [4.69, 9.17) is 18.6 Å². The van der Waals surface area contributed by atoms with Gasteiger partial charge in [-0.2, -0.15) is 0 Å². The lowest BCUT2D eigenvalue weighted by molar-refractivity contribution is -0.186. The lowest BCUT2D eigenvalue weighted by atomic mass is 9.87. The number of fused-ring (bicyclic) bond motifs is 3. The fourth-order valence-corrected chi connectivity index (χ4v) is 3.25. The molecule has 2 aromatic rings. The molecule has 0 spiro atoms. The van der Waals surface area contributed by atoms with Crippen molar-refractivity contribution in [3.63, 3.8) is 0 Å². The summed E-state index contributed by atoms with van der Waals surface area (Å²) in [5.74, 6) is -0.749. The minimum atomic E-state index is -1.01. The molecular weight excluding hydrogens is 364 g/mol. The Morgan fingerprint density at radius 3 is 2.39 bits per heavy atom. The molecule has 0 amide bonds. The molecular formula is C21H22O7. The van der Waals surface area contributed by atoms with E-state index in [-0.39, 0.29) is 5.58 Å². The summed E-state index contributed by atoms with van der Waals surface area (Å²) in [4.78, 5) is 36.0. The molecule has 0 saturated heterocycles. The van der Waals surface area contributed by atoms with Crippen molar-refractivity contribution in [1.82, 2.24) is 0 Å². The van der Waals surface area contributed by atoms with Gasteiger partial charge in [0.1, 0.15) is 16.9 Å². The second-order valence-electron chi connectivity index (χ2n) is 7.46. The Labute approximate surface area is 161 Å². The first-order valence-corrected chi connectivity index (χ1v) is 8.87. The van der Waals surface area contributed by atoms with Crippen LogP contribution in [0.25, 0.3) is 11.0 Å². The first kappa shape index (κ1) is 19.7. The number of hydrogen-bond acceptors (Lipinski definition) is 7. The SMILES string of the molecule is CC(=O)O[C@@H]1[C@H](OC(=O)C=C(C)C)c2c(ccc3ccc(=O)oc23)OC1(C)C. The van der Waals surface area contributed by atoms with Gasteiger partial charge in [-0.25, -0.2) is 9.59 Å². The third-order valence-corrected chi connectivity index (χ3v) is 4.35. The summed E-state index contributed by atoms with van der Waals surface area (Å²) in [6.45, 7) is 8.26. The highest BCUT2D eigenvalue weighted by Gasteiger charge is 2.49. The predicted octanol–water partition coefficient (Wildman–Crippen LogP) is 3.45. The fourth-order valence-electron chi connectivity index (χ4n) is 3.25. The molecule has 0 unspecified atom stereocenters. The van der Waals surface area contributed by atoms with Gasteiger partial charge in [0.2, 0.25) is 0 Å². The molecule has 0 aliphatic carbocycles. The molecule has 1 aromatic heterocycles. The first-order chi connectivity index (χ1) is 13.1. The third kappa shape index (κ3) is 3.78. The van der Waals surface area contributed by atoms with Crippen LogP contribution >= 0.6 is 0 Å². The van der Waals surface area contributed by atoms with Crippen molar-refractivity contribution in [2.45, 2.75) is 52.4 Å². The lowest BCUT2D eigenvalue weighted by Gasteiger charge is -2.43. The summed E-state index contributed by atoms with van der Waals surface area (Å²) < 4.78 is 22.6. The summed E-state index contributed by atoms with van der Waals surface area (Å²) in [5.41, 5.74) is -0.199. The lowest BCUT2D eigenvalue weighted by Crippen LogP contribution is -2.52. The maximum Gasteiger partial charge on any atom is 0.336 e. The van der Waals surface area contributed by atoms with E-state index in [0.29, 0.717) is 16.7 Å². The van der Waals surface area contributed by atoms with E-state index in [9.17, 15) is 14.4 Å². The summed E-state index contributed by atoms with van der Waals surface area (Å²) >= 11 is 0. The van der Waals surface area contributed by atoms with Gasteiger partial charge in [-0.3, -0.25) is 4.79 Å². The fraction of sp³-hybridized carbons (Fsp3) is 0.381. The molecule has 3 rings (SSSR count). The van der Waals surface area contributed by atoms with Gasteiger partial charge in [0.15, 0.2) is 12.2 Å². The van der Waals surface area contributed by atoms with Crippen LogP contribution in [-0.4, -0.2) is 23.6 Å². The zero-order valence-corrected chi connectivity index (χ0v) is 16.4. The highest BCUT2D eigenvalue weighted by atomic mass is 16.6. The molecule has 7 heteroatoms. The quantitative estimate of drug-likeness (QED) is 0.453. The number of hydrogen-bond donors (Lipinski definition) is 0. The zero-order valence-electron chi connectivity index (χ0n) is 16.4. The van der Waals surface area contributed by atoms with E-state index in [1.54, 1.807) is 45.9 Å². The van der Waals surface area contributed by atoms with Gasteiger partial charge in [0, 0.05) is 24.5 Å². The molecule has 0 radical (unpaired) electrons. The number of carbonyl (C=O) groups is 2. The molecule has 2 heterocycles. The van der Waals surface area contributed by atoms with Crippen molar-refractivity contribution < 1.29 is 28.2 Å². The van der Waals surface area contributed by atoms with Crippen LogP contribution in [-0.2, 0) is 19.1 Å². The van der Waals surface area contributed by atoms with E-state index in [0.717, 1.165) is 5.57 Å². The molecule has 148 valence electrons. The Balaban J connectivity index is 2.24. The summed E-state index contributed by atoms with van der Waals surface area (Å²) in [7, 11) is 0. The molecule has 1 aliphatic rings. The first-order valence-electron chi connectivity index (χ1n) is 8.87. The van der Waals surface area contributed by atoms with Crippen LogP contribution in [0.3, 0.4) is 0 Å². The van der Waals surface area contributed by atoms with E-state index >= 15 is 0 Å². The van der Waals surface area contributed by atoms with E-state index in [1.807, 2.05) is 0 Å². The topological polar surface area (TPSA) is 92.0 Å². The van der Waals surface area contributed by atoms with Crippen molar-refractivity contribution in [3.8, 4) is 5.75 Å². The van der Waals surface area contributed by atoms with E-state index in [1.165, 1.54) is 19.1 Å². The zero-order chi connectivity index (χ0) is 20.6. The Kier molecular flexibility index (Phi) is 5.02. The van der Waals surface area contributed by atoms with Gasteiger partial charge in [-0.1, -0.05) is 5.57 Å². The maximum absolute atomic E-state index is 12.4. The Hall–Kier alpha value is -3.09. The Morgan fingerprint density at radius 1 is 1.07 bits per heavy atom. The highest BCUT2D eigenvalue weighted by molar-refractivity contribution is 5.86. The molecule has 28 heavy (non-hydrogen) atoms. The standard InChI is InChI=1S/C21H22O7/c1-11(2)10-16(24)27-19-17-14(28-21(4,5)20(19)25-12(3)22)8-6-13-7-9-15(23)26-18(13)17/h6-10,19-20H,1-5H3/t19-,20-/m1/s1. The average molecular weight is 386 g/mol. The minimum Gasteiger partial charge on any atom is -0.483 e. The number of rotatable bonds is 3. The molecule has 0 bridgehead atoms. The van der Waals surface area contributed by atoms with Gasteiger partial charge < -0.3 is 18.6 Å². The number of allylic oxidation sites excluding steroid dienone is 1. The smallest absolute Gasteiger partial charge is 0.336 e. The van der Waals surface area contributed by atoms with Crippen LogP contribution in [0.5, 0.6) is 5.75 Å². The maximum atomic E-state index is 12.4. The predicted molar refractivity (Wildman–Crippen MR) is 101 cm³/mol. The second kappa shape index (κ2) is 7.14. The van der Waals surface area contributed by atoms with E-state index in [2.05, 4.69) is 0 Å². The van der Waals surface area contributed by atoms with Crippen molar-refractivity contribution in [3.05, 3.63) is 51.9 Å². The number of benzene rings is 1. The molecule has 2 atom stereocenters. The second-order valence-corrected chi connectivity index (χ2v) is 7.46. The summed E-state index contributed by atoms with van der Waals surface area (Å²) in [6.07, 6.45) is -0.614. The monoisotopic (exact) mass is 386 g/mol. The van der Waals surface area contributed by atoms with Gasteiger partial charge in [-0.05, 0) is 45.9 Å². The highest BCUT2D eigenvalue weighted by Crippen LogP contribution is 2.46. The molecule has 0 N–H and O–H groups in total. The Bertz CT molecular complexity index is 1020. The number of ether oxygens (including phenoxy) is 3. The third-order valence-electron chi connectivity index (χ3n) is 4.35. The van der Waals surface area contributed by atoms with Crippen molar-refractivity contribution in [1.29, 1.82) is 0 Å². The normalized spacial score (nSPS) is 19.9. The molecule has 1 aromatic carbocycles. The number of esters is 2. The van der Waals surface area contributed by atoms with Crippen molar-refractivity contribution in [2.75, 3.05) is 0 Å². The van der Waals surface area contributed by atoms with Crippen molar-refractivity contribution in [2.24, 2.45) is 0 Å². The summed E-state index contributed by atoms with van der Waals surface area (Å²) in [6, 6.07) is 6.37. The van der Waals surface area contributed by atoms with Crippen LogP contribution in [0.1, 0.15) is 46.3 Å². The Morgan fingerprint density at radius 2 is 1.75 bits per heavy atom. The van der Waals surface area contributed by atoms with Crippen LogP contribution in [0, 0.1) is 0 Å². The van der Waals surface area contributed by atoms with Gasteiger partial charge >= 0.3 is 17.6 Å². The number of carbonyl (C=O) groups excluding carboxylic acids is 2. The largest absolute Gasteiger partial charge is 0.483 e. The van der Waals surface area contributed by atoms with Gasteiger partial charge in [-0.15, -0.1) is 0 Å². The van der Waals surface area contributed by atoms with Gasteiger partial charge in [0.25, 0.3) is 0 Å². The van der Waals surface area contributed by atoms with Gasteiger partial charge in [0.05, 0.1) is 5.56 Å². The minimum absolute atomic E-state index is 0.229. The van der Waals surface area contributed by atoms with Crippen LogP contribution in [0.2, 0.25) is 0 Å². The molecule has 0 fully saturated rings.